The predicted octanol–water partition coefficient (Wildman–Crippen LogP) is 3.19. The minimum absolute atomic E-state index is 0.535. The summed E-state index contributed by atoms with van der Waals surface area (Å²) >= 11 is 0. The molecule has 2 aliphatic heterocycles. The van der Waals surface area contributed by atoms with Crippen LogP contribution in [0.2, 0.25) is 0 Å². The van der Waals surface area contributed by atoms with Crippen LogP contribution in [0.15, 0.2) is 30.5 Å². The first kappa shape index (κ1) is 21.6. The van der Waals surface area contributed by atoms with Gasteiger partial charge in [0, 0.05) is 24.5 Å². The maximum Gasteiger partial charge on any atom is 0.229 e. The van der Waals surface area contributed by atoms with Crippen molar-refractivity contribution in [3.05, 3.63) is 36.3 Å². The lowest BCUT2D eigenvalue weighted by atomic mass is 9.83. The Kier molecular flexibility index (Phi) is 6.34. The van der Waals surface area contributed by atoms with Crippen LogP contribution in [-0.2, 0) is 0 Å². The van der Waals surface area contributed by atoms with Crippen molar-refractivity contribution in [2.45, 2.75) is 45.1 Å². The summed E-state index contributed by atoms with van der Waals surface area (Å²) in [6.07, 6.45) is 8.38. The summed E-state index contributed by atoms with van der Waals surface area (Å²) < 4.78 is 7.13. The van der Waals surface area contributed by atoms with Crippen LogP contribution >= 0.6 is 0 Å². The number of nitrogens with one attached hydrogen (secondary N) is 2. The number of aromatic nitrogens is 6. The first-order chi connectivity index (χ1) is 16.2. The number of hydrogen-bond donors (Lipinski definition) is 2. The minimum atomic E-state index is 0.535. The van der Waals surface area contributed by atoms with Gasteiger partial charge in [-0.1, -0.05) is 6.42 Å². The second-order valence-corrected chi connectivity index (χ2v) is 8.80. The summed E-state index contributed by atoms with van der Waals surface area (Å²) in [5.41, 5.74) is 1.57. The SMILES string of the molecule is COc1ccc(Nc2nccc(NC[C@@H]3CCCN4CCCC[C@H]34)n2)cc1-n1nnnc1C. The normalized spacial score (nSPS) is 20.8. The summed E-state index contributed by atoms with van der Waals surface area (Å²) in [6.45, 7) is 5.31. The molecule has 10 nitrogen and oxygen atoms in total. The quantitative estimate of drug-likeness (QED) is 0.562. The molecule has 0 bridgehead atoms. The largest absolute Gasteiger partial charge is 0.494 e. The highest BCUT2D eigenvalue weighted by atomic mass is 16.5. The van der Waals surface area contributed by atoms with Crippen molar-refractivity contribution in [2.75, 3.05) is 37.4 Å². The Morgan fingerprint density at radius 2 is 2.03 bits per heavy atom. The van der Waals surface area contributed by atoms with Crippen molar-refractivity contribution in [1.82, 2.24) is 35.1 Å². The van der Waals surface area contributed by atoms with Crippen LogP contribution < -0.4 is 15.4 Å². The van der Waals surface area contributed by atoms with Crippen LogP contribution in [-0.4, -0.2) is 67.9 Å². The molecule has 4 heterocycles. The van der Waals surface area contributed by atoms with E-state index in [2.05, 4.69) is 41.0 Å². The van der Waals surface area contributed by atoms with Crippen molar-refractivity contribution in [3.8, 4) is 11.4 Å². The Hall–Kier alpha value is -3.27. The summed E-state index contributed by atoms with van der Waals surface area (Å²) in [7, 11) is 1.63. The van der Waals surface area contributed by atoms with Crippen molar-refractivity contribution in [1.29, 1.82) is 0 Å². The fourth-order valence-corrected chi connectivity index (χ4v) is 5.08. The molecule has 0 spiro atoms. The minimum Gasteiger partial charge on any atom is -0.494 e. The van der Waals surface area contributed by atoms with Gasteiger partial charge < -0.3 is 20.3 Å². The van der Waals surface area contributed by atoms with Crippen molar-refractivity contribution >= 4 is 17.5 Å². The molecule has 2 N–H and O–H groups in total. The van der Waals surface area contributed by atoms with E-state index in [1.807, 2.05) is 31.2 Å². The van der Waals surface area contributed by atoms with Crippen molar-refractivity contribution in [2.24, 2.45) is 5.92 Å². The Balaban J connectivity index is 1.27. The maximum absolute atomic E-state index is 5.49. The highest BCUT2D eigenvalue weighted by Gasteiger charge is 2.32. The highest BCUT2D eigenvalue weighted by molar-refractivity contribution is 5.62. The lowest BCUT2D eigenvalue weighted by Crippen LogP contribution is -2.49. The van der Waals surface area contributed by atoms with E-state index in [0.29, 0.717) is 29.5 Å². The fourth-order valence-electron chi connectivity index (χ4n) is 5.08. The van der Waals surface area contributed by atoms with E-state index < -0.39 is 0 Å². The zero-order valence-electron chi connectivity index (χ0n) is 19.2. The molecule has 0 aliphatic carbocycles. The van der Waals surface area contributed by atoms with Gasteiger partial charge in [0.2, 0.25) is 5.95 Å². The molecule has 174 valence electrons. The number of hydrogen-bond acceptors (Lipinski definition) is 9. The maximum atomic E-state index is 5.49. The molecule has 5 rings (SSSR count). The number of ether oxygens (including phenoxy) is 1. The van der Waals surface area contributed by atoms with Gasteiger partial charge in [0.15, 0.2) is 5.82 Å². The van der Waals surface area contributed by atoms with Crippen LogP contribution in [0.4, 0.5) is 17.5 Å². The Bertz CT molecular complexity index is 1080. The van der Waals surface area contributed by atoms with Crippen molar-refractivity contribution < 1.29 is 4.74 Å². The van der Waals surface area contributed by atoms with Gasteiger partial charge in [0.1, 0.15) is 17.3 Å². The molecular weight excluding hydrogens is 418 g/mol. The van der Waals surface area contributed by atoms with Gasteiger partial charge in [0.25, 0.3) is 0 Å². The topological polar surface area (TPSA) is 106 Å². The smallest absolute Gasteiger partial charge is 0.229 e. The lowest BCUT2D eigenvalue weighted by Gasteiger charge is -2.44. The van der Waals surface area contributed by atoms with Crippen LogP contribution in [0.3, 0.4) is 0 Å². The standard InChI is InChI=1S/C23H31N9O/c1-16-28-29-30-32(16)20-14-18(8-9-21(20)33-2)26-23-24-11-10-22(27-23)25-15-17-6-5-13-31-12-4-3-7-19(17)31/h8-11,14,17,19H,3-7,12-13,15H2,1-2H3,(H2,24,25,26,27)/t17-,19+/m0/s1. The van der Waals surface area contributed by atoms with Gasteiger partial charge in [-0.15, -0.1) is 5.10 Å². The van der Waals surface area contributed by atoms with E-state index in [9.17, 15) is 0 Å². The zero-order valence-corrected chi connectivity index (χ0v) is 19.2. The van der Waals surface area contributed by atoms with E-state index >= 15 is 0 Å². The van der Waals surface area contributed by atoms with E-state index in [1.165, 1.54) is 45.2 Å². The summed E-state index contributed by atoms with van der Waals surface area (Å²) in [5.74, 6) is 3.40. The van der Waals surface area contributed by atoms with Crippen LogP contribution in [0.25, 0.3) is 5.69 Å². The molecule has 33 heavy (non-hydrogen) atoms. The predicted molar refractivity (Wildman–Crippen MR) is 126 cm³/mol. The molecule has 2 saturated heterocycles. The van der Waals surface area contributed by atoms with Crippen LogP contribution in [0, 0.1) is 12.8 Å². The van der Waals surface area contributed by atoms with E-state index in [0.717, 1.165) is 23.7 Å². The highest BCUT2D eigenvalue weighted by Crippen LogP contribution is 2.31. The Morgan fingerprint density at radius 1 is 1.12 bits per heavy atom. The third-order valence-corrected chi connectivity index (χ3v) is 6.72. The second-order valence-electron chi connectivity index (χ2n) is 8.80. The van der Waals surface area contributed by atoms with E-state index in [-0.39, 0.29) is 0 Å². The third kappa shape index (κ3) is 4.75. The lowest BCUT2D eigenvalue weighted by molar-refractivity contribution is 0.0649. The molecule has 2 fully saturated rings. The molecule has 2 aliphatic rings. The first-order valence-electron chi connectivity index (χ1n) is 11.7. The summed E-state index contributed by atoms with van der Waals surface area (Å²) in [4.78, 5) is 11.8. The van der Waals surface area contributed by atoms with E-state index in [4.69, 9.17) is 4.74 Å². The molecule has 0 amide bonds. The number of nitrogens with zero attached hydrogens (tertiary/aromatic N) is 7. The van der Waals surface area contributed by atoms with Crippen molar-refractivity contribution in [3.63, 3.8) is 0 Å². The van der Waals surface area contributed by atoms with Gasteiger partial charge in [0.05, 0.1) is 7.11 Å². The number of tetrazole rings is 1. The molecule has 2 aromatic heterocycles. The van der Waals surface area contributed by atoms with Gasteiger partial charge in [-0.25, -0.2) is 4.98 Å². The molecule has 10 heteroatoms. The Morgan fingerprint density at radius 3 is 2.88 bits per heavy atom. The molecule has 1 aromatic carbocycles. The van der Waals surface area contributed by atoms with Crippen LogP contribution in [0.5, 0.6) is 5.75 Å². The third-order valence-electron chi connectivity index (χ3n) is 6.72. The Labute approximate surface area is 193 Å². The molecule has 3 aromatic rings. The first-order valence-corrected chi connectivity index (χ1v) is 11.7. The van der Waals surface area contributed by atoms with Crippen LogP contribution in [0.1, 0.15) is 37.9 Å². The van der Waals surface area contributed by atoms with Gasteiger partial charge >= 0.3 is 0 Å². The monoisotopic (exact) mass is 449 g/mol. The zero-order chi connectivity index (χ0) is 22.6. The molecular formula is C23H31N9O. The number of methoxy groups -OCH3 is 1. The van der Waals surface area contributed by atoms with Gasteiger partial charge in [-0.2, -0.15) is 9.67 Å². The molecule has 0 saturated carbocycles. The number of rotatable bonds is 7. The molecule has 0 unspecified atom stereocenters. The molecule has 0 radical (unpaired) electrons. The van der Waals surface area contributed by atoms with Gasteiger partial charge in [-0.3, -0.25) is 0 Å². The second kappa shape index (κ2) is 9.70. The van der Waals surface area contributed by atoms with E-state index in [1.54, 1.807) is 18.0 Å². The van der Waals surface area contributed by atoms with Gasteiger partial charge in [-0.05, 0) is 86.3 Å². The summed E-state index contributed by atoms with van der Waals surface area (Å²) in [5, 5.41) is 18.6. The average molecular weight is 450 g/mol. The number of piperidine rings is 2. The molecule has 2 atom stereocenters. The fraction of sp³-hybridized carbons (Fsp3) is 0.522. The number of aryl methyl sites for hydroxylation is 1. The summed E-state index contributed by atoms with van der Waals surface area (Å²) in [6, 6.07) is 8.36. The number of benzene rings is 1. The number of fused-ring (bicyclic) bond motifs is 1. The number of anilines is 3. The average Bonchev–Trinajstić information content (AvgIpc) is 3.28.